The number of anilines is 1. The summed E-state index contributed by atoms with van der Waals surface area (Å²) in [6.45, 7) is 3.21. The minimum atomic E-state index is 0.287. The van der Waals surface area contributed by atoms with Crippen molar-refractivity contribution in [3.63, 3.8) is 0 Å². The van der Waals surface area contributed by atoms with Crippen LogP contribution < -0.4 is 4.90 Å². The van der Waals surface area contributed by atoms with Gasteiger partial charge in [-0.3, -0.25) is 14.5 Å². The van der Waals surface area contributed by atoms with Crippen LogP contribution in [-0.4, -0.2) is 51.8 Å². The lowest BCUT2D eigenvalue weighted by Crippen LogP contribution is -2.49. The van der Waals surface area contributed by atoms with Gasteiger partial charge >= 0.3 is 0 Å². The van der Waals surface area contributed by atoms with Gasteiger partial charge in [0.25, 0.3) is 0 Å². The summed E-state index contributed by atoms with van der Waals surface area (Å²) in [5, 5.41) is 4.29. The van der Waals surface area contributed by atoms with Gasteiger partial charge in [-0.25, -0.2) is 0 Å². The van der Waals surface area contributed by atoms with E-state index in [1.807, 2.05) is 30.5 Å². The minimum Gasteiger partial charge on any atom is -0.367 e. The fourth-order valence-corrected chi connectivity index (χ4v) is 4.31. The summed E-state index contributed by atoms with van der Waals surface area (Å²) < 4.78 is 1.80. The molecule has 2 fully saturated rings. The quantitative estimate of drug-likeness (QED) is 0.772. The largest absolute Gasteiger partial charge is 0.367 e. The molecule has 5 rings (SSSR count). The molecule has 3 heterocycles. The molecule has 0 atom stereocenters. The maximum absolute atomic E-state index is 12.3. The number of hydrogen-bond donors (Lipinski definition) is 0. The second kappa shape index (κ2) is 6.52. The number of pyridine rings is 1. The number of fused-ring (bicyclic) bond motifs is 1. The fraction of sp³-hybridized carbons (Fsp3) is 0.409. The highest BCUT2D eigenvalue weighted by atomic mass is 16.2. The fourth-order valence-electron chi connectivity index (χ4n) is 4.31. The second-order valence-electron chi connectivity index (χ2n) is 7.82. The smallest absolute Gasteiger partial charge is 0.225 e. The van der Waals surface area contributed by atoms with Crippen LogP contribution in [0.15, 0.2) is 24.7 Å². The number of piperazine rings is 1. The summed E-state index contributed by atoms with van der Waals surface area (Å²) in [5.74, 6) is 3.54. The molecule has 0 aromatic carbocycles. The molecule has 6 nitrogen and oxygen atoms in total. The maximum atomic E-state index is 12.3. The zero-order chi connectivity index (χ0) is 19.3. The summed E-state index contributed by atoms with van der Waals surface area (Å²) in [6, 6.07) is 2.06. The first-order valence-corrected chi connectivity index (χ1v) is 9.86. The van der Waals surface area contributed by atoms with Gasteiger partial charge in [-0.05, 0) is 24.5 Å². The summed E-state index contributed by atoms with van der Waals surface area (Å²) >= 11 is 0. The number of terminal acetylenes is 1. The van der Waals surface area contributed by atoms with Crippen LogP contribution in [0.3, 0.4) is 0 Å². The van der Waals surface area contributed by atoms with Crippen LogP contribution in [-0.2, 0) is 18.3 Å². The van der Waals surface area contributed by atoms with Crippen molar-refractivity contribution in [3.8, 4) is 12.3 Å². The van der Waals surface area contributed by atoms with Crippen LogP contribution in [0, 0.1) is 18.3 Å². The molecule has 2 aliphatic carbocycles. The molecule has 0 radical (unpaired) electrons. The summed E-state index contributed by atoms with van der Waals surface area (Å²) in [6.07, 6.45) is 14.5. The Bertz CT molecular complexity index is 1020. The third kappa shape index (κ3) is 2.78. The number of aryl methyl sites for hydroxylation is 1. The van der Waals surface area contributed by atoms with Gasteiger partial charge in [0.15, 0.2) is 0 Å². The molecule has 1 saturated carbocycles. The molecule has 142 valence electrons. The first kappa shape index (κ1) is 17.1. The van der Waals surface area contributed by atoms with Crippen LogP contribution in [0.2, 0.25) is 0 Å². The molecule has 28 heavy (non-hydrogen) atoms. The predicted octanol–water partition coefficient (Wildman–Crippen LogP) is 1.97. The standard InChI is InChI=1S/C22H23N5O/c1-3-17-18(16-13-24-25(2)14-16)12-19-21(17)20(6-7-23-19)26-8-10-27(11-9-26)22(28)15-4-5-15/h1,6-7,13-15H,4-5,8-12H2,2H3. The van der Waals surface area contributed by atoms with Crippen LogP contribution >= 0.6 is 0 Å². The minimum absolute atomic E-state index is 0.287. The van der Waals surface area contributed by atoms with Crippen LogP contribution in [0.5, 0.6) is 0 Å². The molecule has 6 heteroatoms. The lowest BCUT2D eigenvalue weighted by Gasteiger charge is -2.37. The SMILES string of the molecule is C#CC1=C(c2cnn(C)c2)Cc2nccc(N3CCN(C(=O)C4CC4)CC3)c21. The topological polar surface area (TPSA) is 54.3 Å². The molecule has 1 saturated heterocycles. The lowest BCUT2D eigenvalue weighted by molar-refractivity contribution is -0.132. The van der Waals surface area contributed by atoms with Crippen molar-refractivity contribution in [2.75, 3.05) is 31.1 Å². The van der Waals surface area contributed by atoms with Crippen LogP contribution in [0.1, 0.15) is 29.7 Å². The van der Waals surface area contributed by atoms with E-state index in [2.05, 4.69) is 27.0 Å². The summed E-state index contributed by atoms with van der Waals surface area (Å²) in [7, 11) is 1.91. The number of aromatic nitrogens is 3. The van der Waals surface area contributed by atoms with Gasteiger partial charge in [0.1, 0.15) is 0 Å². The number of allylic oxidation sites excluding steroid dienone is 2. The molecule has 3 aliphatic rings. The van der Waals surface area contributed by atoms with Crippen molar-refractivity contribution in [2.24, 2.45) is 13.0 Å². The highest BCUT2D eigenvalue weighted by molar-refractivity contribution is 6.05. The van der Waals surface area contributed by atoms with Gasteiger partial charge in [-0.1, -0.05) is 5.92 Å². The van der Waals surface area contributed by atoms with Gasteiger partial charge in [0, 0.05) is 80.3 Å². The Morgan fingerprint density at radius 3 is 2.68 bits per heavy atom. The zero-order valence-corrected chi connectivity index (χ0v) is 16.1. The highest BCUT2D eigenvalue weighted by Crippen LogP contribution is 2.42. The second-order valence-corrected chi connectivity index (χ2v) is 7.82. The molecule has 2 aromatic heterocycles. The lowest BCUT2D eigenvalue weighted by atomic mass is 10.0. The normalized spacial score (nSPS) is 19.0. The van der Waals surface area contributed by atoms with Crippen LogP contribution in [0.4, 0.5) is 5.69 Å². The van der Waals surface area contributed by atoms with Gasteiger partial charge in [0.05, 0.1) is 11.9 Å². The first-order valence-electron chi connectivity index (χ1n) is 9.86. The monoisotopic (exact) mass is 373 g/mol. The molecule has 0 spiro atoms. The maximum Gasteiger partial charge on any atom is 0.225 e. The van der Waals surface area contributed by atoms with Crippen molar-refractivity contribution in [2.45, 2.75) is 19.3 Å². The van der Waals surface area contributed by atoms with Crippen molar-refractivity contribution >= 4 is 22.7 Å². The molecule has 1 aliphatic heterocycles. The molecule has 0 unspecified atom stereocenters. The Balaban J connectivity index is 1.44. The molecule has 0 bridgehead atoms. The predicted molar refractivity (Wildman–Crippen MR) is 108 cm³/mol. The van der Waals surface area contributed by atoms with Gasteiger partial charge in [0.2, 0.25) is 5.91 Å². The van der Waals surface area contributed by atoms with E-state index in [-0.39, 0.29) is 5.92 Å². The van der Waals surface area contributed by atoms with E-state index in [0.717, 1.165) is 79.1 Å². The van der Waals surface area contributed by atoms with E-state index < -0.39 is 0 Å². The number of amides is 1. The van der Waals surface area contributed by atoms with Gasteiger partial charge in [-0.15, -0.1) is 6.42 Å². The van der Waals surface area contributed by atoms with E-state index in [0.29, 0.717) is 5.91 Å². The van der Waals surface area contributed by atoms with E-state index in [1.165, 1.54) is 0 Å². The Morgan fingerprint density at radius 1 is 1.25 bits per heavy atom. The number of rotatable bonds is 3. The Kier molecular flexibility index (Phi) is 3.97. The summed E-state index contributed by atoms with van der Waals surface area (Å²) in [5.41, 5.74) is 6.33. The number of hydrogen-bond acceptors (Lipinski definition) is 4. The van der Waals surface area contributed by atoms with E-state index in [1.54, 1.807) is 4.68 Å². The van der Waals surface area contributed by atoms with E-state index in [9.17, 15) is 4.79 Å². The highest BCUT2D eigenvalue weighted by Gasteiger charge is 2.35. The van der Waals surface area contributed by atoms with Crippen molar-refractivity contribution in [3.05, 3.63) is 41.5 Å². The number of carbonyl (C=O) groups is 1. The molecule has 2 aromatic rings. The molecular formula is C22H23N5O. The Hall–Kier alpha value is -3.07. The number of nitrogens with zero attached hydrogens (tertiary/aromatic N) is 5. The van der Waals surface area contributed by atoms with Crippen LogP contribution in [0.25, 0.3) is 11.1 Å². The molecule has 1 amide bonds. The van der Waals surface area contributed by atoms with E-state index >= 15 is 0 Å². The van der Waals surface area contributed by atoms with Gasteiger partial charge < -0.3 is 9.80 Å². The van der Waals surface area contributed by atoms with Gasteiger partial charge in [-0.2, -0.15) is 5.10 Å². The van der Waals surface area contributed by atoms with Crippen molar-refractivity contribution in [1.82, 2.24) is 19.7 Å². The average Bonchev–Trinajstić information content (AvgIpc) is 3.37. The van der Waals surface area contributed by atoms with E-state index in [4.69, 9.17) is 6.42 Å². The third-order valence-corrected chi connectivity index (χ3v) is 5.96. The zero-order valence-electron chi connectivity index (χ0n) is 16.1. The average molecular weight is 373 g/mol. The van der Waals surface area contributed by atoms with Crippen molar-refractivity contribution in [1.29, 1.82) is 0 Å². The molecular weight excluding hydrogens is 350 g/mol. The number of carbonyl (C=O) groups excluding carboxylic acids is 1. The Labute approximate surface area is 164 Å². The third-order valence-electron chi connectivity index (χ3n) is 5.96. The molecule has 0 N–H and O–H groups in total. The summed E-state index contributed by atoms with van der Waals surface area (Å²) in [4.78, 5) is 21.3. The first-order chi connectivity index (χ1) is 13.7. The van der Waals surface area contributed by atoms with Crippen molar-refractivity contribution < 1.29 is 4.79 Å². The Morgan fingerprint density at radius 2 is 2.04 bits per heavy atom.